The highest BCUT2D eigenvalue weighted by Crippen LogP contribution is 2.33. The highest BCUT2D eigenvalue weighted by Gasteiger charge is 2.48. The molecule has 2 fully saturated rings. The van der Waals surface area contributed by atoms with Gasteiger partial charge in [-0.25, -0.2) is 4.79 Å². The van der Waals surface area contributed by atoms with Crippen molar-refractivity contribution < 1.29 is 42.8 Å². The fourth-order valence-electron chi connectivity index (χ4n) is 5.60. The number of carboxylic acid groups (broad SMARTS) is 1. The molecule has 1 atom stereocenters. The number of thiophene rings is 1. The van der Waals surface area contributed by atoms with Crippen LogP contribution in [0.15, 0.2) is 28.4 Å². The molecule has 0 bridgehead atoms. The Morgan fingerprint density at radius 3 is 2.65 bits per heavy atom. The maximum absolute atomic E-state index is 12.9. The number of hydrogen-bond acceptors (Lipinski definition) is 9. The molecular formula is C27H31F3N4O7S2. The van der Waals surface area contributed by atoms with E-state index < -0.39 is 29.9 Å². The van der Waals surface area contributed by atoms with Gasteiger partial charge in [0.05, 0.1) is 36.1 Å². The van der Waals surface area contributed by atoms with E-state index in [1.54, 1.807) is 11.4 Å². The number of halogens is 3. The summed E-state index contributed by atoms with van der Waals surface area (Å²) >= 11 is 2.36. The summed E-state index contributed by atoms with van der Waals surface area (Å²) in [5.74, 6) is -1.90. The summed E-state index contributed by atoms with van der Waals surface area (Å²) in [5.41, 5.74) is 0.801. The molecule has 1 spiro atoms. The summed E-state index contributed by atoms with van der Waals surface area (Å²) in [6, 6.07) is 4.91. The number of phenolic OH excluding ortho intramolecular Hbond substituents is 1. The van der Waals surface area contributed by atoms with Crippen LogP contribution in [0.5, 0.6) is 5.75 Å². The first kappa shape index (κ1) is 31.3. The first-order chi connectivity index (χ1) is 20.3. The Balaban J connectivity index is 1.14. The van der Waals surface area contributed by atoms with Crippen LogP contribution in [0.4, 0.5) is 18.0 Å². The molecule has 0 saturated carbocycles. The van der Waals surface area contributed by atoms with Gasteiger partial charge in [0, 0.05) is 37.6 Å². The number of carbonyl (C=O) groups is 2. The molecule has 0 aliphatic carbocycles. The number of carbonyl (C=O) groups excluding carboxylic acids is 1. The van der Waals surface area contributed by atoms with E-state index in [0.717, 1.165) is 26.0 Å². The van der Waals surface area contributed by atoms with Gasteiger partial charge in [0.1, 0.15) is 11.3 Å². The molecule has 4 heterocycles. The van der Waals surface area contributed by atoms with Gasteiger partial charge >= 0.3 is 23.0 Å². The highest BCUT2D eigenvalue weighted by molar-refractivity contribution is 7.16. The first-order valence-electron chi connectivity index (χ1n) is 13.6. The average molecular weight is 645 g/mol. The van der Waals surface area contributed by atoms with Gasteiger partial charge in [-0.3, -0.25) is 14.5 Å². The van der Waals surface area contributed by atoms with Crippen molar-refractivity contribution in [3.05, 3.63) is 49.3 Å². The number of aliphatic hydroxyl groups is 1. The number of aromatic amines is 1. The molecule has 2 aliphatic heterocycles. The molecule has 1 aromatic carbocycles. The zero-order valence-corrected chi connectivity index (χ0v) is 24.6. The zero-order chi connectivity index (χ0) is 30.9. The van der Waals surface area contributed by atoms with E-state index in [2.05, 4.69) is 9.88 Å². The lowest BCUT2D eigenvalue weighted by molar-refractivity contribution is -0.200. The van der Waals surface area contributed by atoms with Crippen molar-refractivity contribution in [3.63, 3.8) is 0 Å². The van der Waals surface area contributed by atoms with E-state index >= 15 is 0 Å². The number of hydrogen-bond donors (Lipinski definition) is 4. The third kappa shape index (κ3) is 7.15. The first-order valence-corrected chi connectivity index (χ1v) is 15.3. The second-order valence-electron chi connectivity index (χ2n) is 10.8. The quantitative estimate of drug-likeness (QED) is 0.292. The number of aromatic nitrogens is 1. The van der Waals surface area contributed by atoms with Gasteiger partial charge in [0.2, 0.25) is 0 Å². The van der Waals surface area contributed by atoms with Crippen molar-refractivity contribution >= 4 is 44.9 Å². The number of amides is 2. The topological polar surface area (TPSA) is 147 Å². The molecule has 4 N–H and O–H groups in total. The SMILES string of the molecule is O=C(O)N(CCc1ccc(O)c2[nH]c(=O)sc12)CC(O)c1csc(CN2CCC3(CC2)CN(C(=O)C(F)(F)F)CCO3)c1. The lowest BCUT2D eigenvalue weighted by Crippen LogP contribution is -2.59. The molecule has 11 nitrogen and oxygen atoms in total. The molecular weight excluding hydrogens is 613 g/mol. The molecule has 3 aromatic rings. The molecule has 2 aliphatic rings. The van der Waals surface area contributed by atoms with E-state index in [0.29, 0.717) is 53.8 Å². The summed E-state index contributed by atoms with van der Waals surface area (Å²) in [5, 5.41) is 32.3. The van der Waals surface area contributed by atoms with Crippen molar-refractivity contribution in [1.29, 1.82) is 0 Å². The number of fused-ring (bicyclic) bond motifs is 1. The van der Waals surface area contributed by atoms with Crippen LogP contribution in [0.1, 0.15) is 34.9 Å². The van der Waals surface area contributed by atoms with Crippen LogP contribution in [0.25, 0.3) is 10.2 Å². The van der Waals surface area contributed by atoms with Gasteiger partial charge in [0.25, 0.3) is 0 Å². The van der Waals surface area contributed by atoms with Gasteiger partial charge in [-0.05, 0) is 47.9 Å². The van der Waals surface area contributed by atoms with Crippen molar-refractivity contribution in [1.82, 2.24) is 19.7 Å². The Kier molecular flexibility index (Phi) is 9.04. The second-order valence-corrected chi connectivity index (χ2v) is 12.8. The zero-order valence-electron chi connectivity index (χ0n) is 22.9. The molecule has 2 saturated heterocycles. The number of rotatable bonds is 8. The summed E-state index contributed by atoms with van der Waals surface area (Å²) in [7, 11) is 0. The standard InChI is InChI=1S/C27H31F3N4O7S2/c28-27(29,30)23(37)34-9-10-41-26(15-34)4-7-32(8-5-26)12-18-11-17(14-42-18)20(36)13-33(25(39)40)6-3-16-1-2-19(35)21-22(16)43-24(38)31-21/h1-2,11,14,20,35-36H,3-10,12-13,15H2,(H,31,38)(H,39,40). The van der Waals surface area contributed by atoms with Crippen LogP contribution >= 0.6 is 22.7 Å². The van der Waals surface area contributed by atoms with E-state index in [-0.39, 0.29) is 49.8 Å². The summed E-state index contributed by atoms with van der Waals surface area (Å²) in [6.45, 7) is 1.49. The number of phenols is 1. The number of benzene rings is 1. The Morgan fingerprint density at radius 2 is 1.95 bits per heavy atom. The summed E-state index contributed by atoms with van der Waals surface area (Å²) in [4.78, 5) is 42.7. The number of nitrogens with one attached hydrogen (secondary N) is 1. The van der Waals surface area contributed by atoms with Crippen LogP contribution in [0, 0.1) is 0 Å². The molecule has 16 heteroatoms. The minimum absolute atomic E-state index is 0.0636. The van der Waals surface area contributed by atoms with Crippen LogP contribution in [-0.4, -0.2) is 105 Å². The molecule has 2 aromatic heterocycles. The van der Waals surface area contributed by atoms with E-state index in [4.69, 9.17) is 4.74 Å². The number of nitrogens with zero attached hydrogens (tertiary/aromatic N) is 3. The molecule has 43 heavy (non-hydrogen) atoms. The Morgan fingerprint density at radius 1 is 1.21 bits per heavy atom. The molecule has 1 unspecified atom stereocenters. The summed E-state index contributed by atoms with van der Waals surface area (Å²) < 4.78 is 45.2. The number of ether oxygens (including phenoxy) is 1. The lowest BCUT2D eigenvalue weighted by atomic mass is 9.89. The number of alkyl halides is 3. The van der Waals surface area contributed by atoms with E-state index in [1.165, 1.54) is 17.4 Å². The maximum Gasteiger partial charge on any atom is 0.471 e. The third-order valence-corrected chi connectivity index (χ3v) is 9.84. The maximum atomic E-state index is 12.9. The summed E-state index contributed by atoms with van der Waals surface area (Å²) in [6.07, 6.45) is -5.93. The minimum atomic E-state index is -4.91. The van der Waals surface area contributed by atoms with Gasteiger partial charge in [-0.2, -0.15) is 13.2 Å². The minimum Gasteiger partial charge on any atom is -0.506 e. The largest absolute Gasteiger partial charge is 0.506 e. The number of aliphatic hydroxyl groups excluding tert-OH is 1. The van der Waals surface area contributed by atoms with Crippen molar-refractivity contribution in [3.8, 4) is 5.75 Å². The molecule has 0 radical (unpaired) electrons. The number of aromatic hydroxyl groups is 1. The average Bonchev–Trinajstić information content (AvgIpc) is 3.59. The molecule has 2 amide bonds. The number of piperidine rings is 1. The van der Waals surface area contributed by atoms with Crippen LogP contribution in [-0.2, 0) is 22.5 Å². The number of morpholine rings is 1. The lowest BCUT2D eigenvalue weighted by Gasteiger charge is -2.47. The van der Waals surface area contributed by atoms with Gasteiger partial charge in [-0.1, -0.05) is 17.4 Å². The van der Waals surface area contributed by atoms with Gasteiger partial charge in [0.15, 0.2) is 0 Å². The van der Waals surface area contributed by atoms with E-state index in [1.807, 2.05) is 6.07 Å². The van der Waals surface area contributed by atoms with Crippen molar-refractivity contribution in [2.24, 2.45) is 0 Å². The van der Waals surface area contributed by atoms with Crippen molar-refractivity contribution in [2.75, 3.05) is 45.9 Å². The molecule has 5 rings (SSSR count). The van der Waals surface area contributed by atoms with Crippen LogP contribution in [0.2, 0.25) is 0 Å². The smallest absolute Gasteiger partial charge is 0.471 e. The van der Waals surface area contributed by atoms with Crippen molar-refractivity contribution in [2.45, 2.75) is 43.7 Å². The Bertz CT molecular complexity index is 1530. The van der Waals surface area contributed by atoms with Crippen LogP contribution < -0.4 is 4.87 Å². The Hall–Kier alpha value is -3.18. The third-order valence-electron chi connectivity index (χ3n) is 7.94. The van der Waals surface area contributed by atoms with Gasteiger partial charge in [-0.15, -0.1) is 11.3 Å². The predicted molar refractivity (Wildman–Crippen MR) is 153 cm³/mol. The van der Waals surface area contributed by atoms with Gasteiger partial charge < -0.3 is 34.8 Å². The highest BCUT2D eigenvalue weighted by atomic mass is 32.1. The normalized spacial score (nSPS) is 18.3. The Labute approximate surface area is 251 Å². The number of H-pyrrole nitrogens is 1. The van der Waals surface area contributed by atoms with E-state index in [9.17, 15) is 42.9 Å². The van der Waals surface area contributed by atoms with Crippen LogP contribution in [0.3, 0.4) is 0 Å². The fraction of sp³-hybridized carbons (Fsp3) is 0.519. The fourth-order valence-corrected chi connectivity index (χ4v) is 7.47. The number of thiazole rings is 1. The monoisotopic (exact) mass is 644 g/mol. The molecule has 234 valence electrons. The number of likely N-dealkylation sites (tertiary alicyclic amines) is 1. The predicted octanol–water partition coefficient (Wildman–Crippen LogP) is 3.37. The second kappa shape index (κ2) is 12.4.